The number of hydrogen-bond acceptors (Lipinski definition) is 0. The van der Waals surface area contributed by atoms with Gasteiger partial charge < -0.3 is 0 Å². The van der Waals surface area contributed by atoms with Crippen LogP contribution in [-0.4, -0.2) is 4.57 Å². The van der Waals surface area contributed by atoms with E-state index >= 15 is 0 Å². The van der Waals surface area contributed by atoms with Crippen LogP contribution in [0.4, 0.5) is 8.78 Å². The monoisotopic (exact) mass is 287 g/mol. The SMILES string of the molecule is CCCC[n+]1cn(-c2ccc(F)cc2F)c2ccccc21. The van der Waals surface area contributed by atoms with Crippen LogP contribution in [-0.2, 0) is 6.54 Å². The Morgan fingerprint density at radius 3 is 2.67 bits per heavy atom. The number of hydrogen-bond donors (Lipinski definition) is 0. The fraction of sp³-hybridized carbons (Fsp3) is 0.235. The lowest BCUT2D eigenvalue weighted by Gasteiger charge is -1.99. The van der Waals surface area contributed by atoms with Crippen LogP contribution < -0.4 is 4.57 Å². The summed E-state index contributed by atoms with van der Waals surface area (Å²) in [5.41, 5.74) is 2.33. The first kappa shape index (κ1) is 13.7. The summed E-state index contributed by atoms with van der Waals surface area (Å²) >= 11 is 0. The molecule has 0 aliphatic rings. The third-order valence-corrected chi connectivity index (χ3v) is 3.63. The molecule has 3 rings (SSSR count). The maximum absolute atomic E-state index is 14.1. The van der Waals surface area contributed by atoms with Crippen molar-refractivity contribution in [1.82, 2.24) is 4.57 Å². The Balaban J connectivity index is 2.18. The highest BCUT2D eigenvalue weighted by Crippen LogP contribution is 2.20. The van der Waals surface area contributed by atoms with Gasteiger partial charge >= 0.3 is 0 Å². The van der Waals surface area contributed by atoms with Gasteiger partial charge in [0.1, 0.15) is 5.82 Å². The molecule has 0 spiro atoms. The Morgan fingerprint density at radius 1 is 1.10 bits per heavy atom. The number of nitrogens with zero attached hydrogens (tertiary/aromatic N) is 2. The first-order chi connectivity index (χ1) is 10.2. The molecule has 0 saturated heterocycles. The van der Waals surface area contributed by atoms with E-state index in [-0.39, 0.29) is 0 Å². The number of halogens is 2. The van der Waals surface area contributed by atoms with Gasteiger partial charge in [-0.1, -0.05) is 25.5 Å². The van der Waals surface area contributed by atoms with Crippen molar-refractivity contribution in [3.8, 4) is 5.69 Å². The summed E-state index contributed by atoms with van der Waals surface area (Å²) < 4.78 is 31.0. The van der Waals surface area contributed by atoms with Gasteiger partial charge in [0.05, 0.1) is 6.54 Å². The van der Waals surface area contributed by atoms with Gasteiger partial charge in [-0.15, -0.1) is 0 Å². The third-order valence-electron chi connectivity index (χ3n) is 3.63. The van der Waals surface area contributed by atoms with Crippen LogP contribution in [0.1, 0.15) is 19.8 Å². The first-order valence-corrected chi connectivity index (χ1v) is 7.15. The lowest BCUT2D eigenvalue weighted by molar-refractivity contribution is -0.672. The number of imidazole rings is 1. The van der Waals surface area contributed by atoms with Crippen LogP contribution in [0.5, 0.6) is 0 Å². The molecule has 0 N–H and O–H groups in total. The average molecular weight is 287 g/mol. The minimum atomic E-state index is -0.563. The van der Waals surface area contributed by atoms with E-state index in [2.05, 4.69) is 11.5 Å². The summed E-state index contributed by atoms with van der Waals surface area (Å²) in [5, 5.41) is 0. The van der Waals surface area contributed by atoms with Crippen LogP contribution in [0.15, 0.2) is 48.8 Å². The van der Waals surface area contributed by atoms with Crippen molar-refractivity contribution in [3.05, 3.63) is 60.4 Å². The molecule has 0 bridgehead atoms. The molecular weight excluding hydrogens is 270 g/mol. The highest BCUT2D eigenvalue weighted by atomic mass is 19.1. The molecule has 0 saturated carbocycles. The summed E-state index contributed by atoms with van der Waals surface area (Å²) in [7, 11) is 0. The minimum Gasteiger partial charge on any atom is -0.229 e. The van der Waals surface area contributed by atoms with Crippen LogP contribution >= 0.6 is 0 Å². The number of rotatable bonds is 4. The highest BCUT2D eigenvalue weighted by molar-refractivity contribution is 5.74. The second-order valence-electron chi connectivity index (χ2n) is 5.12. The van der Waals surface area contributed by atoms with Gasteiger partial charge in [0.25, 0.3) is 0 Å². The van der Waals surface area contributed by atoms with Crippen LogP contribution in [0.2, 0.25) is 0 Å². The van der Waals surface area contributed by atoms with Gasteiger partial charge in [0.15, 0.2) is 22.5 Å². The quantitative estimate of drug-likeness (QED) is 0.641. The summed E-state index contributed by atoms with van der Waals surface area (Å²) in [5.74, 6) is -1.12. The van der Waals surface area contributed by atoms with E-state index in [1.807, 2.05) is 30.6 Å². The van der Waals surface area contributed by atoms with Crippen LogP contribution in [0, 0.1) is 11.6 Å². The van der Waals surface area contributed by atoms with Gasteiger partial charge in [-0.3, -0.25) is 0 Å². The Hall–Kier alpha value is -2.23. The average Bonchev–Trinajstić information content (AvgIpc) is 2.84. The normalized spacial score (nSPS) is 11.2. The van der Waals surface area contributed by atoms with Crippen LogP contribution in [0.25, 0.3) is 16.7 Å². The number of fused-ring (bicyclic) bond motifs is 1. The number of unbranched alkanes of at least 4 members (excludes halogenated alkanes) is 1. The molecule has 0 atom stereocenters. The van der Waals surface area contributed by atoms with E-state index in [4.69, 9.17) is 0 Å². The predicted octanol–water partition coefficient (Wildman–Crippen LogP) is 4.00. The standard InChI is InChI=1S/C17H17F2N2/c1-2-3-10-20-12-21(17-7-5-4-6-16(17)20)15-9-8-13(18)11-14(15)19/h4-9,11-12H,2-3,10H2,1H3/q+1. The lowest BCUT2D eigenvalue weighted by atomic mass is 10.2. The maximum Gasteiger partial charge on any atom is 0.250 e. The first-order valence-electron chi connectivity index (χ1n) is 7.15. The van der Waals surface area contributed by atoms with Crippen molar-refractivity contribution in [2.24, 2.45) is 0 Å². The van der Waals surface area contributed by atoms with E-state index in [0.29, 0.717) is 5.69 Å². The van der Waals surface area contributed by atoms with E-state index in [1.54, 1.807) is 4.57 Å². The van der Waals surface area contributed by atoms with E-state index in [1.165, 1.54) is 12.1 Å². The Labute approximate surface area is 122 Å². The van der Waals surface area contributed by atoms with Gasteiger partial charge in [-0.25, -0.2) is 13.3 Å². The minimum absolute atomic E-state index is 0.364. The van der Waals surface area contributed by atoms with E-state index in [0.717, 1.165) is 36.5 Å². The molecule has 1 aromatic heterocycles. The predicted molar refractivity (Wildman–Crippen MR) is 78.3 cm³/mol. The molecule has 21 heavy (non-hydrogen) atoms. The summed E-state index contributed by atoms with van der Waals surface area (Å²) in [6.45, 7) is 3.02. The lowest BCUT2D eigenvalue weighted by Crippen LogP contribution is -2.32. The van der Waals surface area contributed by atoms with Crippen molar-refractivity contribution >= 4 is 11.0 Å². The fourth-order valence-electron chi connectivity index (χ4n) is 2.55. The number of para-hydroxylation sites is 2. The second kappa shape index (κ2) is 5.64. The second-order valence-corrected chi connectivity index (χ2v) is 5.12. The van der Waals surface area contributed by atoms with Gasteiger partial charge in [-0.2, -0.15) is 4.57 Å². The smallest absolute Gasteiger partial charge is 0.229 e. The Kier molecular flexibility index (Phi) is 3.69. The molecule has 1 heterocycles. The maximum atomic E-state index is 14.1. The molecule has 2 aromatic carbocycles. The topological polar surface area (TPSA) is 8.81 Å². The Morgan fingerprint density at radius 2 is 1.90 bits per heavy atom. The van der Waals surface area contributed by atoms with Gasteiger partial charge in [0, 0.05) is 6.07 Å². The molecule has 4 heteroatoms. The summed E-state index contributed by atoms with van der Waals surface area (Å²) in [6, 6.07) is 11.5. The van der Waals surface area contributed by atoms with Gasteiger partial charge in [-0.05, 0) is 30.7 Å². The number of aromatic nitrogens is 2. The van der Waals surface area contributed by atoms with Crippen molar-refractivity contribution in [2.75, 3.05) is 0 Å². The highest BCUT2D eigenvalue weighted by Gasteiger charge is 2.19. The summed E-state index contributed by atoms with van der Waals surface area (Å²) in [6.07, 6.45) is 4.04. The third kappa shape index (κ3) is 2.53. The van der Waals surface area contributed by atoms with Crippen molar-refractivity contribution in [2.45, 2.75) is 26.3 Å². The molecule has 3 aromatic rings. The summed E-state index contributed by atoms with van der Waals surface area (Å²) in [4.78, 5) is 0. The molecule has 0 unspecified atom stereocenters. The zero-order valence-electron chi connectivity index (χ0n) is 11.9. The van der Waals surface area contributed by atoms with E-state index in [9.17, 15) is 8.78 Å². The molecule has 0 aliphatic carbocycles. The van der Waals surface area contributed by atoms with Crippen molar-refractivity contribution in [1.29, 1.82) is 0 Å². The molecular formula is C17H17F2N2+. The zero-order chi connectivity index (χ0) is 14.8. The zero-order valence-corrected chi connectivity index (χ0v) is 11.9. The molecule has 0 amide bonds. The molecule has 0 aliphatic heterocycles. The molecule has 2 nitrogen and oxygen atoms in total. The largest absolute Gasteiger partial charge is 0.250 e. The Bertz CT molecular complexity index is 778. The number of aryl methyl sites for hydroxylation is 1. The van der Waals surface area contributed by atoms with Gasteiger partial charge in [0.2, 0.25) is 6.33 Å². The fourth-order valence-corrected chi connectivity index (χ4v) is 2.55. The van der Waals surface area contributed by atoms with E-state index < -0.39 is 11.6 Å². The van der Waals surface area contributed by atoms with Crippen molar-refractivity contribution < 1.29 is 13.3 Å². The van der Waals surface area contributed by atoms with Crippen LogP contribution in [0.3, 0.4) is 0 Å². The van der Waals surface area contributed by atoms with Crippen molar-refractivity contribution in [3.63, 3.8) is 0 Å². The molecule has 108 valence electrons. The molecule has 0 fully saturated rings. The number of benzene rings is 2. The molecule has 0 radical (unpaired) electrons.